The average molecular weight is 291 g/mol. The SMILES string of the molecule is C[C@@H](O)c1ccc(OCc2cccc([N+](=O)[O-])c2)cc1F. The lowest BCUT2D eigenvalue weighted by atomic mass is 10.1. The highest BCUT2D eigenvalue weighted by Crippen LogP contribution is 2.23. The first kappa shape index (κ1) is 14.9. The van der Waals surface area contributed by atoms with Crippen LogP contribution < -0.4 is 4.74 Å². The molecule has 0 aliphatic rings. The second kappa shape index (κ2) is 6.32. The van der Waals surface area contributed by atoms with Gasteiger partial charge in [-0.1, -0.05) is 12.1 Å². The normalized spacial score (nSPS) is 12.0. The molecule has 2 aromatic carbocycles. The number of hydrogen-bond donors (Lipinski definition) is 1. The van der Waals surface area contributed by atoms with E-state index in [4.69, 9.17) is 4.74 Å². The van der Waals surface area contributed by atoms with Crippen molar-refractivity contribution in [1.29, 1.82) is 0 Å². The Hall–Kier alpha value is -2.47. The number of benzene rings is 2. The first-order chi connectivity index (χ1) is 9.97. The van der Waals surface area contributed by atoms with Crippen LogP contribution >= 0.6 is 0 Å². The molecular formula is C15H14FNO4. The number of halogens is 1. The van der Waals surface area contributed by atoms with Crippen LogP contribution in [0.4, 0.5) is 10.1 Å². The number of nitro groups is 1. The molecule has 0 bridgehead atoms. The fraction of sp³-hybridized carbons (Fsp3) is 0.200. The summed E-state index contributed by atoms with van der Waals surface area (Å²) in [6.07, 6.45) is -0.893. The fourth-order valence-corrected chi connectivity index (χ4v) is 1.86. The number of nitrogens with zero attached hydrogens (tertiary/aromatic N) is 1. The number of aliphatic hydroxyl groups excluding tert-OH is 1. The number of hydrogen-bond acceptors (Lipinski definition) is 4. The van der Waals surface area contributed by atoms with Crippen LogP contribution in [0.3, 0.4) is 0 Å². The lowest BCUT2D eigenvalue weighted by molar-refractivity contribution is -0.384. The van der Waals surface area contributed by atoms with Crippen LogP contribution in [-0.4, -0.2) is 10.0 Å². The molecule has 110 valence electrons. The summed E-state index contributed by atoms with van der Waals surface area (Å²) in [6.45, 7) is 1.57. The fourth-order valence-electron chi connectivity index (χ4n) is 1.86. The number of ether oxygens (including phenoxy) is 1. The van der Waals surface area contributed by atoms with E-state index in [1.807, 2.05) is 0 Å². The zero-order chi connectivity index (χ0) is 15.4. The second-order valence-electron chi connectivity index (χ2n) is 4.57. The standard InChI is InChI=1S/C15H14FNO4/c1-10(18)14-6-5-13(8-15(14)16)21-9-11-3-2-4-12(7-11)17(19)20/h2-8,10,18H,9H2,1H3/t10-/m1/s1. The Morgan fingerprint density at radius 3 is 2.71 bits per heavy atom. The number of rotatable bonds is 5. The quantitative estimate of drug-likeness (QED) is 0.677. The van der Waals surface area contributed by atoms with Crippen LogP contribution in [0.2, 0.25) is 0 Å². The first-order valence-corrected chi connectivity index (χ1v) is 6.31. The summed E-state index contributed by atoms with van der Waals surface area (Å²) in [7, 11) is 0. The highest BCUT2D eigenvalue weighted by Gasteiger charge is 2.10. The molecule has 1 atom stereocenters. The predicted octanol–water partition coefficient (Wildman–Crippen LogP) is 3.37. The van der Waals surface area contributed by atoms with Crippen molar-refractivity contribution >= 4 is 5.69 Å². The van der Waals surface area contributed by atoms with E-state index in [1.54, 1.807) is 18.2 Å². The maximum Gasteiger partial charge on any atom is 0.269 e. The average Bonchev–Trinajstić information content (AvgIpc) is 2.45. The highest BCUT2D eigenvalue weighted by molar-refractivity contribution is 5.35. The van der Waals surface area contributed by atoms with E-state index >= 15 is 0 Å². The predicted molar refractivity (Wildman–Crippen MR) is 74.5 cm³/mol. The van der Waals surface area contributed by atoms with Crippen molar-refractivity contribution in [3.63, 3.8) is 0 Å². The van der Waals surface area contributed by atoms with Gasteiger partial charge in [-0.25, -0.2) is 4.39 Å². The van der Waals surface area contributed by atoms with Gasteiger partial charge in [-0.05, 0) is 24.6 Å². The molecule has 5 nitrogen and oxygen atoms in total. The van der Waals surface area contributed by atoms with Gasteiger partial charge in [0.1, 0.15) is 18.2 Å². The summed E-state index contributed by atoms with van der Waals surface area (Å²) in [4.78, 5) is 10.2. The Morgan fingerprint density at radius 1 is 1.33 bits per heavy atom. The van der Waals surface area contributed by atoms with Crippen LogP contribution in [0.15, 0.2) is 42.5 Å². The van der Waals surface area contributed by atoms with E-state index in [0.29, 0.717) is 11.3 Å². The van der Waals surface area contributed by atoms with Gasteiger partial charge in [0.25, 0.3) is 5.69 Å². The van der Waals surface area contributed by atoms with Gasteiger partial charge >= 0.3 is 0 Å². The summed E-state index contributed by atoms with van der Waals surface area (Å²) >= 11 is 0. The van der Waals surface area contributed by atoms with Crippen molar-refractivity contribution < 1.29 is 19.2 Å². The molecule has 2 rings (SSSR count). The molecule has 2 aromatic rings. The Labute approximate surface area is 120 Å². The second-order valence-corrected chi connectivity index (χ2v) is 4.57. The van der Waals surface area contributed by atoms with Crippen LogP contribution in [0.25, 0.3) is 0 Å². The minimum absolute atomic E-state index is 0.0215. The van der Waals surface area contributed by atoms with E-state index in [2.05, 4.69) is 0 Å². The van der Waals surface area contributed by atoms with Crippen molar-refractivity contribution in [2.75, 3.05) is 0 Å². The highest BCUT2D eigenvalue weighted by atomic mass is 19.1. The third kappa shape index (κ3) is 3.76. The number of non-ortho nitro benzene ring substituents is 1. The Kier molecular flexibility index (Phi) is 4.49. The molecule has 1 N–H and O–H groups in total. The molecule has 21 heavy (non-hydrogen) atoms. The molecule has 0 fully saturated rings. The van der Waals surface area contributed by atoms with Gasteiger partial charge < -0.3 is 9.84 Å². The van der Waals surface area contributed by atoms with Gasteiger partial charge in [-0.3, -0.25) is 10.1 Å². The summed E-state index contributed by atoms with van der Waals surface area (Å²) < 4.78 is 19.1. The molecule has 0 unspecified atom stereocenters. The van der Waals surface area contributed by atoms with Crippen molar-refractivity contribution in [1.82, 2.24) is 0 Å². The van der Waals surface area contributed by atoms with Gasteiger partial charge in [0.2, 0.25) is 0 Å². The third-order valence-corrected chi connectivity index (χ3v) is 2.95. The van der Waals surface area contributed by atoms with Crippen LogP contribution in [0.1, 0.15) is 24.2 Å². The van der Waals surface area contributed by atoms with E-state index in [0.717, 1.165) is 0 Å². The Balaban J connectivity index is 2.08. The molecule has 0 heterocycles. The van der Waals surface area contributed by atoms with Gasteiger partial charge in [0.05, 0.1) is 11.0 Å². The topological polar surface area (TPSA) is 72.6 Å². The molecule has 0 radical (unpaired) electrons. The smallest absolute Gasteiger partial charge is 0.269 e. The van der Waals surface area contributed by atoms with Crippen LogP contribution in [0.5, 0.6) is 5.75 Å². The third-order valence-electron chi connectivity index (χ3n) is 2.95. The minimum atomic E-state index is -0.893. The molecular weight excluding hydrogens is 277 g/mol. The van der Waals surface area contributed by atoms with Gasteiger partial charge in [0, 0.05) is 23.8 Å². The number of aliphatic hydroxyl groups is 1. The molecule has 0 spiro atoms. The summed E-state index contributed by atoms with van der Waals surface area (Å²) in [5.41, 5.74) is 0.786. The molecule has 0 aliphatic carbocycles. The summed E-state index contributed by atoms with van der Waals surface area (Å²) in [5, 5.41) is 20.0. The van der Waals surface area contributed by atoms with Crippen molar-refractivity contribution in [2.24, 2.45) is 0 Å². The molecule has 0 aromatic heterocycles. The lowest BCUT2D eigenvalue weighted by Crippen LogP contribution is -1.99. The first-order valence-electron chi connectivity index (χ1n) is 6.31. The van der Waals surface area contributed by atoms with Gasteiger partial charge in [-0.2, -0.15) is 0 Å². The molecule has 0 saturated carbocycles. The zero-order valence-electron chi connectivity index (χ0n) is 11.3. The largest absolute Gasteiger partial charge is 0.489 e. The molecule has 6 heteroatoms. The molecule has 0 amide bonds. The Morgan fingerprint density at radius 2 is 2.10 bits per heavy atom. The molecule has 0 saturated heterocycles. The lowest BCUT2D eigenvalue weighted by Gasteiger charge is -2.10. The minimum Gasteiger partial charge on any atom is -0.489 e. The molecule has 0 aliphatic heterocycles. The Bertz CT molecular complexity index is 658. The van der Waals surface area contributed by atoms with E-state index in [9.17, 15) is 19.6 Å². The van der Waals surface area contributed by atoms with Gasteiger partial charge in [0.15, 0.2) is 0 Å². The maximum atomic E-state index is 13.7. The van der Waals surface area contributed by atoms with Crippen LogP contribution in [0, 0.1) is 15.9 Å². The van der Waals surface area contributed by atoms with Crippen molar-refractivity contribution in [2.45, 2.75) is 19.6 Å². The van der Waals surface area contributed by atoms with E-state index in [1.165, 1.54) is 31.2 Å². The van der Waals surface area contributed by atoms with Crippen molar-refractivity contribution in [3.05, 3.63) is 69.5 Å². The summed E-state index contributed by atoms with van der Waals surface area (Å²) in [5.74, 6) is -0.259. The van der Waals surface area contributed by atoms with E-state index in [-0.39, 0.29) is 17.9 Å². The maximum absolute atomic E-state index is 13.7. The zero-order valence-corrected chi connectivity index (χ0v) is 11.3. The van der Waals surface area contributed by atoms with Crippen molar-refractivity contribution in [3.8, 4) is 5.75 Å². The monoisotopic (exact) mass is 291 g/mol. The van der Waals surface area contributed by atoms with Crippen LogP contribution in [-0.2, 0) is 6.61 Å². The van der Waals surface area contributed by atoms with Gasteiger partial charge in [-0.15, -0.1) is 0 Å². The number of nitro benzene ring substituents is 1. The van der Waals surface area contributed by atoms with E-state index < -0.39 is 16.8 Å². The summed E-state index contributed by atoms with van der Waals surface area (Å²) in [6, 6.07) is 10.2.